The molecule has 0 bridgehead atoms. The molecule has 4 rings (SSSR count). The maximum Gasteiger partial charge on any atom is 0.307 e. The Hall–Kier alpha value is -1.38. The summed E-state index contributed by atoms with van der Waals surface area (Å²) in [5.41, 5.74) is -0.999. The average molecular weight is 481 g/mol. The van der Waals surface area contributed by atoms with E-state index in [1.165, 1.54) is 19.2 Å². The predicted octanol–water partition coefficient (Wildman–Crippen LogP) is 3.79. The number of allylic oxidation sites excluding steroid dienone is 1. The van der Waals surface area contributed by atoms with Crippen LogP contribution in [0.5, 0.6) is 0 Å². The van der Waals surface area contributed by atoms with Crippen LogP contribution in [0, 0.1) is 34.5 Å². The van der Waals surface area contributed by atoms with E-state index in [0.717, 1.165) is 12.0 Å². The first-order valence-electron chi connectivity index (χ1n) is 12.0. The molecule has 0 aliphatic heterocycles. The molecule has 0 heterocycles. The van der Waals surface area contributed by atoms with Gasteiger partial charge in [0, 0.05) is 24.5 Å². The number of carbonyl (C=O) groups is 3. The molecule has 0 radical (unpaired) electrons. The zero-order valence-corrected chi connectivity index (χ0v) is 20.8. The number of esters is 1. The Bertz CT molecular complexity index is 871. The number of carboxylic acids is 1. The number of aliphatic hydroxyl groups is 1. The summed E-state index contributed by atoms with van der Waals surface area (Å²) in [6, 6.07) is 0. The smallest absolute Gasteiger partial charge is 0.307 e. The minimum atomic E-state index is -1.08. The molecular formula is C25H36O7S. The number of ketones is 1. The minimum absolute atomic E-state index is 0.00366. The lowest BCUT2D eigenvalue weighted by molar-refractivity contribution is -0.186. The molecule has 2 N–H and O–H groups in total. The van der Waals surface area contributed by atoms with Crippen LogP contribution in [0.1, 0.15) is 65.2 Å². The van der Waals surface area contributed by atoms with Gasteiger partial charge in [0.2, 0.25) is 0 Å². The van der Waals surface area contributed by atoms with E-state index in [-0.39, 0.29) is 47.4 Å². The Morgan fingerprint density at radius 3 is 2.64 bits per heavy atom. The third-order valence-electron chi connectivity index (χ3n) is 9.76. The van der Waals surface area contributed by atoms with Crippen LogP contribution in [0.3, 0.4) is 0 Å². The zero-order chi connectivity index (χ0) is 24.2. The van der Waals surface area contributed by atoms with Crippen molar-refractivity contribution in [3.05, 3.63) is 11.6 Å². The molecule has 8 atom stereocenters. The first-order chi connectivity index (χ1) is 15.5. The number of carboxylic acid groups (broad SMARTS) is 1. The maximum absolute atomic E-state index is 12.6. The second-order valence-electron chi connectivity index (χ2n) is 11.0. The lowest BCUT2D eigenvalue weighted by Crippen LogP contribution is -2.62. The first-order valence-corrected chi connectivity index (χ1v) is 13.1. The molecule has 4 aliphatic rings. The molecule has 0 aromatic rings. The molecular weight excluding hydrogens is 444 g/mol. The summed E-state index contributed by atoms with van der Waals surface area (Å²) in [6.07, 6.45) is 7.13. The number of aliphatic carboxylic acids is 1. The topological polar surface area (TPSA) is 110 Å². The van der Waals surface area contributed by atoms with E-state index in [4.69, 9.17) is 8.92 Å². The molecule has 0 aromatic heterocycles. The summed E-state index contributed by atoms with van der Waals surface area (Å²) in [5, 5.41) is 22.1. The Morgan fingerprint density at radius 1 is 1.27 bits per heavy atom. The van der Waals surface area contributed by atoms with Crippen molar-refractivity contribution in [2.24, 2.45) is 34.5 Å². The highest BCUT2D eigenvalue weighted by Gasteiger charge is 2.69. The Labute approximate surface area is 199 Å². The summed E-state index contributed by atoms with van der Waals surface area (Å²) in [4.78, 5) is 36.7. The van der Waals surface area contributed by atoms with Crippen molar-refractivity contribution in [2.75, 3.05) is 13.4 Å². The molecule has 3 saturated carbocycles. The van der Waals surface area contributed by atoms with Gasteiger partial charge in [0.15, 0.2) is 5.78 Å². The largest absolute Gasteiger partial charge is 0.481 e. The van der Waals surface area contributed by atoms with Gasteiger partial charge in [0.25, 0.3) is 0 Å². The quantitative estimate of drug-likeness (QED) is 0.436. The summed E-state index contributed by atoms with van der Waals surface area (Å²) >= 11 is 1.28. The van der Waals surface area contributed by atoms with E-state index >= 15 is 0 Å². The van der Waals surface area contributed by atoms with Crippen molar-refractivity contribution in [3.8, 4) is 0 Å². The molecule has 0 amide bonds. The zero-order valence-electron chi connectivity index (χ0n) is 20.0. The third-order valence-corrected chi connectivity index (χ3v) is 10.2. The number of hydrogen-bond donors (Lipinski definition) is 2. The molecule has 184 valence electrons. The van der Waals surface area contributed by atoms with Crippen LogP contribution >= 0.6 is 12.0 Å². The predicted molar refractivity (Wildman–Crippen MR) is 123 cm³/mol. The number of rotatable bonds is 6. The lowest BCUT2D eigenvalue weighted by Gasteiger charge is -2.62. The van der Waals surface area contributed by atoms with E-state index in [1.807, 2.05) is 6.26 Å². The number of carbonyl (C=O) groups excluding carboxylic acids is 2. The van der Waals surface area contributed by atoms with Gasteiger partial charge in [-0.1, -0.05) is 19.4 Å². The van der Waals surface area contributed by atoms with Crippen molar-refractivity contribution in [1.82, 2.24) is 0 Å². The van der Waals surface area contributed by atoms with Crippen molar-refractivity contribution < 1.29 is 33.5 Å². The average Bonchev–Trinajstić information content (AvgIpc) is 3.02. The molecule has 7 nitrogen and oxygen atoms in total. The van der Waals surface area contributed by atoms with Crippen LogP contribution in [0.2, 0.25) is 0 Å². The van der Waals surface area contributed by atoms with E-state index in [0.29, 0.717) is 38.5 Å². The van der Waals surface area contributed by atoms with Gasteiger partial charge in [-0.25, -0.2) is 0 Å². The Kier molecular flexibility index (Phi) is 6.51. The highest BCUT2D eigenvalue weighted by molar-refractivity contribution is 7.93. The number of ether oxygens (including phenoxy) is 1. The van der Waals surface area contributed by atoms with Crippen LogP contribution in [0.4, 0.5) is 0 Å². The monoisotopic (exact) mass is 480 g/mol. The third kappa shape index (κ3) is 3.76. The fraction of sp³-hybridized carbons (Fsp3) is 0.800. The summed E-state index contributed by atoms with van der Waals surface area (Å²) in [6.45, 7) is 4.24. The van der Waals surface area contributed by atoms with Crippen LogP contribution in [-0.2, 0) is 23.3 Å². The van der Waals surface area contributed by atoms with Crippen molar-refractivity contribution in [1.29, 1.82) is 0 Å². The van der Waals surface area contributed by atoms with Crippen molar-refractivity contribution >= 4 is 29.8 Å². The van der Waals surface area contributed by atoms with E-state index in [9.17, 15) is 24.6 Å². The first kappa shape index (κ1) is 24.7. The fourth-order valence-electron chi connectivity index (χ4n) is 8.02. The second kappa shape index (κ2) is 8.68. The summed E-state index contributed by atoms with van der Waals surface area (Å²) in [5.74, 6) is -1.95. The molecule has 0 saturated heterocycles. The molecule has 33 heavy (non-hydrogen) atoms. The fourth-order valence-corrected chi connectivity index (χ4v) is 8.46. The number of hydrogen-bond acceptors (Lipinski definition) is 7. The van der Waals surface area contributed by atoms with Gasteiger partial charge in [0.05, 0.1) is 24.7 Å². The summed E-state index contributed by atoms with van der Waals surface area (Å²) < 4.78 is 11.1. The van der Waals surface area contributed by atoms with Crippen LogP contribution in [-0.4, -0.2) is 53.0 Å². The standard InChI is InChI=1S/C25H36O7S/c1-23-8-5-15(26)11-14(23)12-16(22(28)29)20-17-6-9-25(30,10-7-19(27)31-3)24(17,2)13-18(21(20)23)32-33-4/h11,16-18,20-21,30H,5-10,12-13H2,1-4H3,(H,28,29)/t16?,17-,18?,20-,21-,23-,24-,25-/m0/s1. The van der Waals surface area contributed by atoms with Gasteiger partial charge < -0.3 is 19.1 Å². The van der Waals surface area contributed by atoms with Crippen molar-refractivity contribution in [2.45, 2.75) is 76.9 Å². The van der Waals surface area contributed by atoms with E-state index < -0.39 is 22.9 Å². The molecule has 2 unspecified atom stereocenters. The maximum atomic E-state index is 12.6. The second-order valence-corrected chi connectivity index (χ2v) is 11.5. The molecule has 3 fully saturated rings. The molecule has 0 aromatic carbocycles. The van der Waals surface area contributed by atoms with Gasteiger partial charge in [-0.15, -0.1) is 0 Å². The summed E-state index contributed by atoms with van der Waals surface area (Å²) in [7, 11) is 1.35. The van der Waals surface area contributed by atoms with Crippen LogP contribution in [0.25, 0.3) is 0 Å². The number of fused-ring (bicyclic) bond motifs is 5. The van der Waals surface area contributed by atoms with E-state index in [1.54, 1.807) is 6.08 Å². The molecule has 0 spiro atoms. The van der Waals surface area contributed by atoms with Crippen LogP contribution < -0.4 is 0 Å². The van der Waals surface area contributed by atoms with Crippen LogP contribution in [0.15, 0.2) is 11.6 Å². The Morgan fingerprint density at radius 2 is 2.00 bits per heavy atom. The highest BCUT2D eigenvalue weighted by atomic mass is 32.2. The lowest BCUT2D eigenvalue weighted by atomic mass is 9.43. The van der Waals surface area contributed by atoms with Gasteiger partial charge in [-0.2, -0.15) is 0 Å². The normalized spacial score (nSPS) is 44.3. The van der Waals surface area contributed by atoms with Gasteiger partial charge in [-0.3, -0.25) is 14.4 Å². The minimum Gasteiger partial charge on any atom is -0.481 e. The van der Waals surface area contributed by atoms with E-state index in [2.05, 4.69) is 13.8 Å². The molecule has 4 aliphatic carbocycles. The highest BCUT2D eigenvalue weighted by Crippen LogP contribution is 2.69. The van der Waals surface area contributed by atoms with Gasteiger partial charge in [0.1, 0.15) is 0 Å². The van der Waals surface area contributed by atoms with Crippen molar-refractivity contribution in [3.63, 3.8) is 0 Å². The number of methoxy groups -OCH3 is 1. The molecule has 8 heteroatoms. The SMILES string of the molecule is COC(=O)CC[C@@]1(O)CC[C@H]2[C@@H]3C(C(=O)O)CC4=CC(=O)CC[C@]4(C)[C@H]3C(OSC)C[C@@]21C. The Balaban J connectivity index is 1.79. The van der Waals surface area contributed by atoms with Gasteiger partial charge >= 0.3 is 11.9 Å². The van der Waals surface area contributed by atoms with Gasteiger partial charge in [-0.05, 0) is 79.8 Å².